The van der Waals surface area contributed by atoms with Gasteiger partial charge in [0.1, 0.15) is 10.3 Å². The third-order valence-corrected chi connectivity index (χ3v) is 5.24. The molecular weight excluding hydrogens is 483 g/mol. The quantitative estimate of drug-likeness (QED) is 0.428. The van der Waals surface area contributed by atoms with E-state index in [0.717, 1.165) is 5.56 Å². The molecule has 1 heterocycles. The topological polar surface area (TPSA) is 96.1 Å². The molecule has 1 atom stereocenters. The van der Waals surface area contributed by atoms with Gasteiger partial charge in [-0.3, -0.25) is 9.89 Å². The summed E-state index contributed by atoms with van der Waals surface area (Å²) in [4.78, 5) is 24.5. The van der Waals surface area contributed by atoms with Crippen molar-refractivity contribution < 1.29 is 14.3 Å². The summed E-state index contributed by atoms with van der Waals surface area (Å²) in [6, 6.07) is 13.4. The summed E-state index contributed by atoms with van der Waals surface area (Å²) < 4.78 is 5.49. The van der Waals surface area contributed by atoms with E-state index < -0.39 is 12.0 Å². The summed E-state index contributed by atoms with van der Waals surface area (Å²) in [5.74, 6) is -0.240. The molecule has 3 rings (SSSR count). The molecule has 0 bridgehead atoms. The Kier molecular flexibility index (Phi) is 6.79. The first-order chi connectivity index (χ1) is 13.8. The zero-order valence-electron chi connectivity index (χ0n) is 15.0. The molecule has 2 aromatic carbocycles. The van der Waals surface area contributed by atoms with Gasteiger partial charge in [0.25, 0.3) is 11.8 Å². The highest BCUT2D eigenvalue weighted by Crippen LogP contribution is 2.30. The van der Waals surface area contributed by atoms with E-state index in [1.807, 2.05) is 0 Å². The van der Waals surface area contributed by atoms with Crippen LogP contribution in [0.15, 0.2) is 53.0 Å². The molecule has 1 aromatic heterocycles. The SMILES string of the molecule is C[C@@H](NC(=O)Oc1n[nH]c(NC(=O)c2ccccc2Cl)c1Br)c1ccc(Cl)cc1. The van der Waals surface area contributed by atoms with Crippen molar-refractivity contribution in [2.24, 2.45) is 0 Å². The average molecular weight is 498 g/mol. The van der Waals surface area contributed by atoms with Crippen LogP contribution in [0.5, 0.6) is 5.88 Å². The van der Waals surface area contributed by atoms with Crippen LogP contribution in [0.4, 0.5) is 10.6 Å². The number of anilines is 1. The number of hydrogen-bond donors (Lipinski definition) is 3. The molecule has 150 valence electrons. The fourth-order valence-electron chi connectivity index (χ4n) is 2.42. The monoisotopic (exact) mass is 496 g/mol. The number of ether oxygens (including phenoxy) is 1. The molecule has 29 heavy (non-hydrogen) atoms. The van der Waals surface area contributed by atoms with E-state index in [0.29, 0.717) is 15.6 Å². The Bertz CT molecular complexity index is 1040. The molecule has 0 aliphatic carbocycles. The lowest BCUT2D eigenvalue weighted by Gasteiger charge is -2.13. The minimum absolute atomic E-state index is 0.0275. The summed E-state index contributed by atoms with van der Waals surface area (Å²) in [6.45, 7) is 1.80. The number of H-pyrrole nitrogens is 1. The molecule has 0 spiro atoms. The third-order valence-electron chi connectivity index (χ3n) is 3.93. The summed E-state index contributed by atoms with van der Waals surface area (Å²) in [5, 5.41) is 12.7. The van der Waals surface area contributed by atoms with E-state index in [-0.39, 0.29) is 22.2 Å². The number of rotatable bonds is 5. The molecule has 0 saturated heterocycles. The molecule has 0 aliphatic heterocycles. The second-order valence-electron chi connectivity index (χ2n) is 5.96. The van der Waals surface area contributed by atoms with Gasteiger partial charge in [0.15, 0.2) is 0 Å². The minimum atomic E-state index is -0.705. The largest absolute Gasteiger partial charge is 0.414 e. The van der Waals surface area contributed by atoms with Crippen molar-refractivity contribution in [3.05, 3.63) is 74.2 Å². The molecule has 0 fully saturated rings. The van der Waals surface area contributed by atoms with Crippen LogP contribution in [0.1, 0.15) is 28.9 Å². The molecule has 2 amide bonds. The maximum atomic E-state index is 12.4. The number of carbonyl (C=O) groups is 2. The van der Waals surface area contributed by atoms with Crippen LogP contribution in [-0.4, -0.2) is 22.2 Å². The summed E-state index contributed by atoms with van der Waals surface area (Å²) in [5.41, 5.74) is 1.16. The number of nitrogens with zero attached hydrogens (tertiary/aromatic N) is 1. The Labute approximate surface area is 184 Å². The number of hydrogen-bond acceptors (Lipinski definition) is 4. The van der Waals surface area contributed by atoms with Gasteiger partial charge in [0.05, 0.1) is 16.6 Å². The molecule has 0 unspecified atom stereocenters. The molecule has 0 aliphatic rings. The molecule has 0 radical (unpaired) electrons. The van der Waals surface area contributed by atoms with E-state index >= 15 is 0 Å². The van der Waals surface area contributed by atoms with Crippen LogP contribution in [0, 0.1) is 0 Å². The first-order valence-electron chi connectivity index (χ1n) is 8.38. The zero-order chi connectivity index (χ0) is 21.0. The third kappa shape index (κ3) is 5.29. The smallest absolute Gasteiger partial charge is 0.388 e. The molecule has 3 N–H and O–H groups in total. The maximum Gasteiger partial charge on any atom is 0.414 e. The van der Waals surface area contributed by atoms with Gasteiger partial charge in [-0.15, -0.1) is 5.10 Å². The molecule has 0 saturated carbocycles. The van der Waals surface area contributed by atoms with Crippen LogP contribution >= 0.6 is 39.1 Å². The Morgan fingerprint density at radius 1 is 1.14 bits per heavy atom. The highest BCUT2D eigenvalue weighted by atomic mass is 79.9. The van der Waals surface area contributed by atoms with E-state index in [1.165, 1.54) is 0 Å². The van der Waals surface area contributed by atoms with Gasteiger partial charge in [-0.05, 0) is 52.7 Å². The highest BCUT2D eigenvalue weighted by Gasteiger charge is 2.19. The lowest BCUT2D eigenvalue weighted by atomic mass is 10.1. The number of benzene rings is 2. The first-order valence-corrected chi connectivity index (χ1v) is 9.93. The number of nitrogens with one attached hydrogen (secondary N) is 3. The summed E-state index contributed by atoms with van der Waals surface area (Å²) in [7, 11) is 0. The van der Waals surface area contributed by atoms with Crippen molar-refractivity contribution in [3.63, 3.8) is 0 Å². The van der Waals surface area contributed by atoms with Crippen molar-refractivity contribution in [1.29, 1.82) is 0 Å². The fraction of sp³-hybridized carbons (Fsp3) is 0.105. The fourth-order valence-corrected chi connectivity index (χ4v) is 3.12. The van der Waals surface area contributed by atoms with Gasteiger partial charge >= 0.3 is 6.09 Å². The van der Waals surface area contributed by atoms with Gasteiger partial charge < -0.3 is 15.4 Å². The Balaban J connectivity index is 1.63. The van der Waals surface area contributed by atoms with Crippen LogP contribution in [0.3, 0.4) is 0 Å². The van der Waals surface area contributed by atoms with Gasteiger partial charge in [-0.25, -0.2) is 4.79 Å². The number of carbonyl (C=O) groups excluding carboxylic acids is 2. The first kappa shape index (κ1) is 21.2. The van der Waals surface area contributed by atoms with E-state index in [4.69, 9.17) is 27.9 Å². The van der Waals surface area contributed by atoms with Crippen LogP contribution in [0.25, 0.3) is 0 Å². The van der Waals surface area contributed by atoms with Crippen molar-refractivity contribution in [2.45, 2.75) is 13.0 Å². The lowest BCUT2D eigenvalue weighted by molar-refractivity contribution is 0.102. The maximum absolute atomic E-state index is 12.4. The van der Waals surface area contributed by atoms with E-state index in [2.05, 4.69) is 36.8 Å². The van der Waals surface area contributed by atoms with Crippen molar-refractivity contribution in [2.75, 3.05) is 5.32 Å². The second-order valence-corrected chi connectivity index (χ2v) is 7.60. The Hall–Kier alpha value is -2.55. The molecule has 7 nitrogen and oxygen atoms in total. The Morgan fingerprint density at radius 2 is 1.83 bits per heavy atom. The highest BCUT2D eigenvalue weighted by molar-refractivity contribution is 9.10. The number of aromatic amines is 1. The van der Waals surface area contributed by atoms with Crippen LogP contribution in [-0.2, 0) is 0 Å². The second kappa shape index (κ2) is 9.30. The van der Waals surface area contributed by atoms with Crippen molar-refractivity contribution in [3.8, 4) is 5.88 Å². The van der Waals surface area contributed by atoms with Gasteiger partial charge in [0.2, 0.25) is 0 Å². The number of aromatic nitrogens is 2. The number of halogens is 3. The average Bonchev–Trinajstić information content (AvgIpc) is 3.02. The van der Waals surface area contributed by atoms with E-state index in [9.17, 15) is 9.59 Å². The van der Waals surface area contributed by atoms with E-state index in [1.54, 1.807) is 55.5 Å². The normalized spacial score (nSPS) is 11.6. The standard InChI is InChI=1S/C19H15BrCl2N4O3/c1-10(11-6-8-12(21)9-7-11)23-19(28)29-18-15(20)16(25-26-18)24-17(27)13-4-2-3-5-14(13)22/h2-10H,1H3,(H,23,28)(H2,24,25,26,27)/t10-/m1/s1. The molecule has 3 aromatic rings. The van der Waals surface area contributed by atoms with Crippen LogP contribution < -0.4 is 15.4 Å². The number of amides is 2. The Morgan fingerprint density at radius 3 is 2.52 bits per heavy atom. The predicted molar refractivity (Wildman–Crippen MR) is 115 cm³/mol. The van der Waals surface area contributed by atoms with Gasteiger partial charge in [0, 0.05) is 5.02 Å². The lowest BCUT2D eigenvalue weighted by Crippen LogP contribution is -2.29. The summed E-state index contributed by atoms with van der Waals surface area (Å²) in [6.07, 6.45) is -0.705. The van der Waals surface area contributed by atoms with Crippen molar-refractivity contribution >= 4 is 57.0 Å². The van der Waals surface area contributed by atoms with Crippen molar-refractivity contribution in [1.82, 2.24) is 15.5 Å². The zero-order valence-corrected chi connectivity index (χ0v) is 18.1. The summed E-state index contributed by atoms with van der Waals surface area (Å²) >= 11 is 15.1. The predicted octanol–water partition coefficient (Wildman–Crippen LogP) is 5.58. The van der Waals surface area contributed by atoms with Gasteiger partial charge in [-0.1, -0.05) is 47.5 Å². The van der Waals surface area contributed by atoms with Crippen LogP contribution in [0.2, 0.25) is 10.0 Å². The minimum Gasteiger partial charge on any atom is -0.388 e. The molecule has 10 heteroatoms. The van der Waals surface area contributed by atoms with Gasteiger partial charge in [-0.2, -0.15) is 0 Å². The molecular formula is C19H15BrCl2N4O3.